The molecule has 0 saturated carbocycles. The summed E-state index contributed by atoms with van der Waals surface area (Å²) in [4.78, 5) is -0.0689. The zero-order chi connectivity index (χ0) is 14.0. The zero-order valence-electron chi connectivity index (χ0n) is 9.40. The maximum atomic E-state index is 13.4. The average molecular weight is 304 g/mol. The van der Waals surface area contributed by atoms with Gasteiger partial charge in [0, 0.05) is 11.1 Å². The Hall–Kier alpha value is -1.66. The van der Waals surface area contributed by atoms with Crippen LogP contribution in [0.15, 0.2) is 47.4 Å². The summed E-state index contributed by atoms with van der Waals surface area (Å²) in [6.07, 6.45) is 0. The van der Waals surface area contributed by atoms with Gasteiger partial charge in [-0.2, -0.15) is 0 Å². The molecule has 0 aliphatic heterocycles. The summed E-state index contributed by atoms with van der Waals surface area (Å²) in [5.74, 6) is -1.77. The van der Waals surface area contributed by atoms with Crippen LogP contribution in [0.3, 0.4) is 0 Å². The Morgan fingerprint density at radius 1 is 1.00 bits per heavy atom. The van der Waals surface area contributed by atoms with Gasteiger partial charge in [-0.1, -0.05) is 11.6 Å². The Kier molecular flexibility index (Phi) is 3.73. The molecule has 0 radical (unpaired) electrons. The fourth-order valence-corrected chi connectivity index (χ4v) is 2.58. The first-order valence-electron chi connectivity index (χ1n) is 5.12. The first kappa shape index (κ1) is 13.8. The van der Waals surface area contributed by atoms with E-state index >= 15 is 0 Å². The molecule has 0 fully saturated rings. The van der Waals surface area contributed by atoms with Crippen LogP contribution in [0.25, 0.3) is 0 Å². The molecule has 100 valence electrons. The molecule has 2 aromatic rings. The molecule has 0 aromatic heterocycles. The Morgan fingerprint density at radius 3 is 2.21 bits per heavy atom. The molecular weight excluding hydrogens is 296 g/mol. The molecule has 0 bridgehead atoms. The fourth-order valence-electron chi connectivity index (χ4n) is 1.39. The molecule has 0 aliphatic rings. The smallest absolute Gasteiger partial charge is 0.261 e. The minimum atomic E-state index is -3.94. The second kappa shape index (κ2) is 5.14. The summed E-state index contributed by atoms with van der Waals surface area (Å²) in [5.41, 5.74) is -0.323. The lowest BCUT2D eigenvalue weighted by molar-refractivity contribution is 0.583. The Labute approximate surface area is 113 Å². The summed E-state index contributed by atoms with van der Waals surface area (Å²) < 4.78 is 52.0. The van der Waals surface area contributed by atoms with E-state index in [9.17, 15) is 17.2 Å². The second-order valence-electron chi connectivity index (χ2n) is 3.68. The van der Waals surface area contributed by atoms with E-state index in [1.165, 1.54) is 24.3 Å². The van der Waals surface area contributed by atoms with Crippen LogP contribution in [-0.4, -0.2) is 8.42 Å². The normalized spacial score (nSPS) is 11.3. The zero-order valence-corrected chi connectivity index (χ0v) is 11.0. The highest BCUT2D eigenvalue weighted by Gasteiger charge is 2.16. The molecule has 0 saturated heterocycles. The SMILES string of the molecule is O=S(=O)(Nc1ccc(F)cc1F)c1ccc(Cl)cc1. The summed E-state index contributed by atoms with van der Waals surface area (Å²) in [5, 5.41) is 0.381. The van der Waals surface area contributed by atoms with Crippen LogP contribution in [0.4, 0.5) is 14.5 Å². The van der Waals surface area contributed by atoms with E-state index < -0.39 is 21.7 Å². The van der Waals surface area contributed by atoms with Crippen molar-refractivity contribution in [2.75, 3.05) is 4.72 Å². The Bertz CT molecular complexity index is 702. The number of rotatable bonds is 3. The minimum Gasteiger partial charge on any atom is -0.277 e. The lowest BCUT2D eigenvalue weighted by Gasteiger charge is -2.09. The third-order valence-electron chi connectivity index (χ3n) is 2.30. The molecule has 0 heterocycles. The van der Waals surface area contributed by atoms with Gasteiger partial charge >= 0.3 is 0 Å². The van der Waals surface area contributed by atoms with E-state index in [1.807, 2.05) is 4.72 Å². The van der Waals surface area contributed by atoms with Crippen molar-refractivity contribution < 1.29 is 17.2 Å². The van der Waals surface area contributed by atoms with Crippen molar-refractivity contribution in [2.45, 2.75) is 4.90 Å². The van der Waals surface area contributed by atoms with Crippen molar-refractivity contribution in [2.24, 2.45) is 0 Å². The lowest BCUT2D eigenvalue weighted by atomic mass is 10.3. The highest BCUT2D eigenvalue weighted by atomic mass is 35.5. The summed E-state index contributed by atoms with van der Waals surface area (Å²) >= 11 is 5.65. The van der Waals surface area contributed by atoms with E-state index in [2.05, 4.69) is 0 Å². The van der Waals surface area contributed by atoms with E-state index in [0.717, 1.165) is 12.1 Å². The third-order valence-corrected chi connectivity index (χ3v) is 3.93. The van der Waals surface area contributed by atoms with Crippen LogP contribution in [-0.2, 0) is 10.0 Å². The molecule has 1 N–H and O–H groups in total. The average Bonchev–Trinajstić information content (AvgIpc) is 2.33. The molecular formula is C12H8ClF2NO2S. The lowest BCUT2D eigenvalue weighted by Crippen LogP contribution is -2.13. The number of anilines is 1. The number of benzene rings is 2. The van der Waals surface area contributed by atoms with Crippen molar-refractivity contribution in [3.05, 3.63) is 59.1 Å². The highest BCUT2D eigenvalue weighted by molar-refractivity contribution is 7.92. The highest BCUT2D eigenvalue weighted by Crippen LogP contribution is 2.21. The van der Waals surface area contributed by atoms with Gasteiger partial charge in [0.1, 0.15) is 11.6 Å². The van der Waals surface area contributed by atoms with Crippen LogP contribution in [0.1, 0.15) is 0 Å². The van der Waals surface area contributed by atoms with Crippen molar-refractivity contribution in [1.82, 2.24) is 0 Å². The number of sulfonamides is 1. The first-order chi connectivity index (χ1) is 8.88. The van der Waals surface area contributed by atoms with Crippen molar-refractivity contribution in [3.8, 4) is 0 Å². The van der Waals surface area contributed by atoms with Crippen LogP contribution in [0.2, 0.25) is 5.02 Å². The molecule has 19 heavy (non-hydrogen) atoms. The predicted octanol–water partition coefficient (Wildman–Crippen LogP) is 3.42. The predicted molar refractivity (Wildman–Crippen MR) is 68.6 cm³/mol. The van der Waals surface area contributed by atoms with Gasteiger partial charge < -0.3 is 0 Å². The molecule has 2 rings (SSSR count). The van der Waals surface area contributed by atoms with Crippen LogP contribution < -0.4 is 4.72 Å². The number of hydrogen-bond acceptors (Lipinski definition) is 2. The number of halogens is 3. The van der Waals surface area contributed by atoms with Crippen LogP contribution >= 0.6 is 11.6 Å². The van der Waals surface area contributed by atoms with Crippen molar-refractivity contribution in [1.29, 1.82) is 0 Å². The Balaban J connectivity index is 2.33. The fraction of sp³-hybridized carbons (Fsp3) is 0. The molecule has 0 unspecified atom stereocenters. The van der Waals surface area contributed by atoms with Gasteiger partial charge in [0.2, 0.25) is 0 Å². The maximum absolute atomic E-state index is 13.4. The standard InChI is InChI=1S/C12H8ClF2NO2S/c13-8-1-4-10(5-2-8)19(17,18)16-12-6-3-9(14)7-11(12)15/h1-7,16H. The van der Waals surface area contributed by atoms with E-state index in [4.69, 9.17) is 11.6 Å². The molecule has 0 amide bonds. The maximum Gasteiger partial charge on any atom is 0.261 e. The molecule has 3 nitrogen and oxygen atoms in total. The number of nitrogens with one attached hydrogen (secondary N) is 1. The van der Waals surface area contributed by atoms with Crippen molar-refractivity contribution in [3.63, 3.8) is 0 Å². The molecule has 2 aromatic carbocycles. The third kappa shape index (κ3) is 3.21. The largest absolute Gasteiger partial charge is 0.277 e. The monoisotopic (exact) mass is 303 g/mol. The topological polar surface area (TPSA) is 46.2 Å². The van der Waals surface area contributed by atoms with Gasteiger partial charge in [0.15, 0.2) is 0 Å². The molecule has 7 heteroatoms. The van der Waals surface area contributed by atoms with Gasteiger partial charge in [-0.15, -0.1) is 0 Å². The van der Waals surface area contributed by atoms with Gasteiger partial charge in [-0.3, -0.25) is 4.72 Å². The van der Waals surface area contributed by atoms with Gasteiger partial charge in [-0.05, 0) is 36.4 Å². The van der Waals surface area contributed by atoms with Gasteiger partial charge in [0.25, 0.3) is 10.0 Å². The van der Waals surface area contributed by atoms with Crippen LogP contribution in [0.5, 0.6) is 0 Å². The quantitative estimate of drug-likeness (QED) is 0.944. The second-order valence-corrected chi connectivity index (χ2v) is 5.80. The molecule has 0 atom stereocenters. The van der Waals surface area contributed by atoms with Crippen molar-refractivity contribution >= 4 is 27.3 Å². The molecule has 0 aliphatic carbocycles. The summed E-state index contributed by atoms with van der Waals surface area (Å²) in [6, 6.07) is 7.94. The molecule has 0 spiro atoms. The van der Waals surface area contributed by atoms with E-state index in [-0.39, 0.29) is 10.6 Å². The van der Waals surface area contributed by atoms with Gasteiger partial charge in [-0.25, -0.2) is 17.2 Å². The Morgan fingerprint density at radius 2 is 1.63 bits per heavy atom. The number of hydrogen-bond donors (Lipinski definition) is 1. The first-order valence-corrected chi connectivity index (χ1v) is 6.98. The van der Waals surface area contributed by atoms with E-state index in [1.54, 1.807) is 0 Å². The van der Waals surface area contributed by atoms with Gasteiger partial charge in [0.05, 0.1) is 10.6 Å². The summed E-state index contributed by atoms with van der Waals surface area (Å²) in [7, 11) is -3.94. The minimum absolute atomic E-state index is 0.0689. The summed E-state index contributed by atoms with van der Waals surface area (Å²) in [6.45, 7) is 0. The van der Waals surface area contributed by atoms with Crippen LogP contribution in [0, 0.1) is 11.6 Å². The van der Waals surface area contributed by atoms with E-state index in [0.29, 0.717) is 11.1 Å².